The Labute approximate surface area is 145 Å². The molecule has 2 N–H and O–H groups in total. The molecule has 1 atom stereocenters. The molecule has 25 heavy (non-hydrogen) atoms. The second kappa shape index (κ2) is 7.05. The molecule has 6 nitrogen and oxygen atoms in total. The van der Waals surface area contributed by atoms with Crippen LogP contribution < -0.4 is 15.4 Å². The van der Waals surface area contributed by atoms with Crippen LogP contribution in [0.2, 0.25) is 0 Å². The number of amides is 2. The fraction of sp³-hybridized carbons (Fsp3) is 0.211. The summed E-state index contributed by atoms with van der Waals surface area (Å²) in [4.78, 5) is 23.5. The van der Waals surface area contributed by atoms with E-state index >= 15 is 0 Å². The van der Waals surface area contributed by atoms with E-state index in [1.165, 1.54) is 0 Å². The highest BCUT2D eigenvalue weighted by Gasteiger charge is 2.19. The number of ether oxygens (including phenoxy) is 1. The maximum absolute atomic E-state index is 12.1. The van der Waals surface area contributed by atoms with Crippen LogP contribution in [0.15, 0.2) is 42.5 Å². The van der Waals surface area contributed by atoms with Gasteiger partial charge in [0.2, 0.25) is 5.91 Å². The lowest BCUT2D eigenvalue weighted by Gasteiger charge is -2.15. The van der Waals surface area contributed by atoms with Gasteiger partial charge in [-0.1, -0.05) is 12.1 Å². The van der Waals surface area contributed by atoms with Gasteiger partial charge in [-0.3, -0.25) is 9.59 Å². The van der Waals surface area contributed by atoms with E-state index in [-0.39, 0.29) is 24.5 Å². The molecular formula is C19H17N3O3. The number of hydrogen-bond donors (Lipinski definition) is 2. The van der Waals surface area contributed by atoms with E-state index in [9.17, 15) is 9.59 Å². The molecule has 0 saturated heterocycles. The fourth-order valence-electron chi connectivity index (χ4n) is 2.66. The van der Waals surface area contributed by atoms with Crippen molar-refractivity contribution in [3.63, 3.8) is 0 Å². The third-order valence-corrected chi connectivity index (χ3v) is 3.99. The number of fused-ring (bicyclic) bond motifs is 1. The van der Waals surface area contributed by atoms with Crippen LogP contribution in [0.25, 0.3) is 0 Å². The number of nitrogens with zero attached hydrogens (tertiary/aromatic N) is 1. The molecule has 1 aliphatic heterocycles. The molecule has 1 aliphatic rings. The van der Waals surface area contributed by atoms with Crippen molar-refractivity contribution in [1.82, 2.24) is 5.32 Å². The Morgan fingerprint density at radius 2 is 2.08 bits per heavy atom. The highest BCUT2D eigenvalue weighted by Crippen LogP contribution is 2.26. The second-order valence-electron chi connectivity index (χ2n) is 5.86. The lowest BCUT2D eigenvalue weighted by Crippen LogP contribution is -2.31. The highest BCUT2D eigenvalue weighted by molar-refractivity contribution is 5.99. The monoisotopic (exact) mass is 335 g/mol. The Balaban J connectivity index is 1.54. The minimum absolute atomic E-state index is 0.0142. The molecule has 6 heteroatoms. The topological polar surface area (TPSA) is 91.2 Å². The number of carbonyl (C=O) groups excluding carboxylic acids is 2. The zero-order valence-corrected chi connectivity index (χ0v) is 13.7. The Morgan fingerprint density at radius 3 is 2.80 bits per heavy atom. The first-order valence-electron chi connectivity index (χ1n) is 7.90. The van der Waals surface area contributed by atoms with Gasteiger partial charge in [0.15, 0.2) is 6.61 Å². The van der Waals surface area contributed by atoms with Gasteiger partial charge in [-0.15, -0.1) is 0 Å². The van der Waals surface area contributed by atoms with Gasteiger partial charge in [0.1, 0.15) is 5.75 Å². The minimum Gasteiger partial charge on any atom is -0.484 e. The molecular weight excluding hydrogens is 318 g/mol. The van der Waals surface area contributed by atoms with E-state index in [0.717, 1.165) is 16.8 Å². The van der Waals surface area contributed by atoms with Gasteiger partial charge in [0, 0.05) is 5.69 Å². The molecule has 2 aromatic carbocycles. The maximum atomic E-state index is 12.1. The number of benzene rings is 2. The predicted molar refractivity (Wildman–Crippen MR) is 92.0 cm³/mol. The van der Waals surface area contributed by atoms with E-state index in [1.807, 2.05) is 31.2 Å². The molecule has 1 heterocycles. The van der Waals surface area contributed by atoms with E-state index in [0.29, 0.717) is 17.7 Å². The van der Waals surface area contributed by atoms with Crippen LogP contribution >= 0.6 is 0 Å². The van der Waals surface area contributed by atoms with Crippen molar-refractivity contribution < 1.29 is 14.3 Å². The summed E-state index contributed by atoms with van der Waals surface area (Å²) in [5.41, 5.74) is 3.24. The third-order valence-electron chi connectivity index (χ3n) is 3.99. The lowest BCUT2D eigenvalue weighted by atomic mass is 10.0. The molecule has 3 rings (SSSR count). The fourth-order valence-corrected chi connectivity index (χ4v) is 2.66. The number of nitriles is 1. The first-order valence-corrected chi connectivity index (χ1v) is 7.90. The van der Waals surface area contributed by atoms with E-state index in [2.05, 4.69) is 10.6 Å². The van der Waals surface area contributed by atoms with Crippen LogP contribution in [0.1, 0.15) is 29.7 Å². The normalized spacial score (nSPS) is 13.4. The van der Waals surface area contributed by atoms with Crippen molar-refractivity contribution in [2.75, 3.05) is 11.9 Å². The molecule has 0 saturated carbocycles. The highest BCUT2D eigenvalue weighted by atomic mass is 16.5. The van der Waals surface area contributed by atoms with Crippen LogP contribution in [-0.2, 0) is 16.0 Å². The first kappa shape index (κ1) is 16.5. The van der Waals surface area contributed by atoms with Crippen LogP contribution in [0.3, 0.4) is 0 Å². The van der Waals surface area contributed by atoms with Gasteiger partial charge in [-0.2, -0.15) is 5.26 Å². The standard InChI is InChI=1S/C19H17N3O3/c1-12(14-4-7-17-15(8-14)9-18(23)22-17)21-19(24)11-25-16-5-2-13(10-20)3-6-16/h2-8,12H,9,11H2,1H3,(H,21,24)(H,22,23)/t12-/m1/s1. The van der Waals surface area contributed by atoms with E-state index < -0.39 is 0 Å². The zero-order valence-electron chi connectivity index (χ0n) is 13.7. The predicted octanol–water partition coefficient (Wildman–Crippen LogP) is 2.31. The van der Waals surface area contributed by atoms with Crippen LogP contribution in [0.5, 0.6) is 5.75 Å². The van der Waals surface area contributed by atoms with Crippen molar-refractivity contribution in [1.29, 1.82) is 5.26 Å². The number of carbonyl (C=O) groups is 2. The number of anilines is 1. The van der Waals surface area contributed by atoms with Gasteiger partial charge in [0.05, 0.1) is 24.1 Å². The average Bonchev–Trinajstić information content (AvgIpc) is 2.99. The van der Waals surface area contributed by atoms with E-state index in [4.69, 9.17) is 10.00 Å². The summed E-state index contributed by atoms with van der Waals surface area (Å²) in [6.45, 7) is 1.77. The Morgan fingerprint density at radius 1 is 1.32 bits per heavy atom. The second-order valence-corrected chi connectivity index (χ2v) is 5.86. The summed E-state index contributed by atoms with van der Waals surface area (Å²) in [6.07, 6.45) is 0.367. The summed E-state index contributed by atoms with van der Waals surface area (Å²) in [5, 5.41) is 14.4. The molecule has 0 bridgehead atoms. The van der Waals surface area contributed by atoms with Gasteiger partial charge in [-0.05, 0) is 48.4 Å². The SMILES string of the molecule is C[C@@H](NC(=O)COc1ccc(C#N)cc1)c1ccc2c(c1)CC(=O)N2. The smallest absolute Gasteiger partial charge is 0.258 e. The molecule has 0 radical (unpaired) electrons. The van der Waals surface area contributed by atoms with E-state index in [1.54, 1.807) is 24.3 Å². The lowest BCUT2D eigenvalue weighted by molar-refractivity contribution is -0.123. The molecule has 0 spiro atoms. The number of rotatable bonds is 5. The maximum Gasteiger partial charge on any atom is 0.258 e. The van der Waals surface area contributed by atoms with Crippen LogP contribution in [0, 0.1) is 11.3 Å². The van der Waals surface area contributed by atoms with Crippen molar-refractivity contribution >= 4 is 17.5 Å². The van der Waals surface area contributed by atoms with Gasteiger partial charge >= 0.3 is 0 Å². The Hall–Kier alpha value is -3.33. The van der Waals surface area contributed by atoms with Crippen molar-refractivity contribution in [3.8, 4) is 11.8 Å². The molecule has 0 aliphatic carbocycles. The Kier molecular flexibility index (Phi) is 4.66. The number of hydrogen-bond acceptors (Lipinski definition) is 4. The summed E-state index contributed by atoms with van der Waals surface area (Å²) >= 11 is 0. The zero-order chi connectivity index (χ0) is 17.8. The summed E-state index contributed by atoms with van der Waals surface area (Å²) in [5.74, 6) is 0.273. The van der Waals surface area contributed by atoms with Crippen LogP contribution in [0.4, 0.5) is 5.69 Å². The minimum atomic E-state index is -0.244. The Bertz CT molecular complexity index is 853. The molecule has 0 aromatic heterocycles. The first-order chi connectivity index (χ1) is 12.0. The molecule has 2 amide bonds. The largest absolute Gasteiger partial charge is 0.484 e. The summed E-state index contributed by atoms with van der Waals surface area (Å²) in [6, 6.07) is 14.1. The van der Waals surface area contributed by atoms with Gasteiger partial charge < -0.3 is 15.4 Å². The molecule has 126 valence electrons. The molecule has 0 unspecified atom stereocenters. The average molecular weight is 335 g/mol. The quantitative estimate of drug-likeness (QED) is 0.877. The van der Waals surface area contributed by atoms with Crippen molar-refractivity contribution in [2.24, 2.45) is 0 Å². The summed E-state index contributed by atoms with van der Waals surface area (Å²) < 4.78 is 5.42. The van der Waals surface area contributed by atoms with Crippen molar-refractivity contribution in [3.05, 3.63) is 59.2 Å². The summed E-state index contributed by atoms with van der Waals surface area (Å²) in [7, 11) is 0. The molecule has 2 aromatic rings. The van der Waals surface area contributed by atoms with Gasteiger partial charge in [0.25, 0.3) is 5.91 Å². The van der Waals surface area contributed by atoms with Gasteiger partial charge in [-0.25, -0.2) is 0 Å². The third kappa shape index (κ3) is 3.96. The molecule has 0 fully saturated rings. The number of nitrogens with one attached hydrogen (secondary N) is 2. The van der Waals surface area contributed by atoms with Crippen molar-refractivity contribution in [2.45, 2.75) is 19.4 Å². The van der Waals surface area contributed by atoms with Crippen LogP contribution in [-0.4, -0.2) is 18.4 Å².